The van der Waals surface area contributed by atoms with Crippen LogP contribution in [0, 0.1) is 5.92 Å². The minimum absolute atomic E-state index is 0.617. The fourth-order valence-corrected chi connectivity index (χ4v) is 2.42. The fourth-order valence-electron chi connectivity index (χ4n) is 2.42. The zero-order chi connectivity index (χ0) is 12.5. The second-order valence-electron chi connectivity index (χ2n) is 5.26. The van der Waals surface area contributed by atoms with Crippen molar-refractivity contribution >= 4 is 0 Å². The summed E-state index contributed by atoms with van der Waals surface area (Å²) in [6, 6.07) is 0.617. The lowest BCUT2D eigenvalue weighted by molar-refractivity contribution is 0.113. The first-order valence-corrected chi connectivity index (χ1v) is 6.90. The van der Waals surface area contributed by atoms with Crippen LogP contribution < -0.4 is 11.1 Å². The molecular weight excluding hydrogens is 214 g/mol. The van der Waals surface area contributed by atoms with Crippen LogP contribution in [0.2, 0.25) is 0 Å². The summed E-state index contributed by atoms with van der Waals surface area (Å²) in [4.78, 5) is 2.14. The molecule has 0 spiro atoms. The Balaban J connectivity index is 2.01. The van der Waals surface area contributed by atoms with Crippen LogP contribution in [-0.2, 0) is 4.74 Å². The van der Waals surface area contributed by atoms with Gasteiger partial charge in [-0.05, 0) is 39.4 Å². The van der Waals surface area contributed by atoms with Gasteiger partial charge in [-0.2, -0.15) is 0 Å². The molecule has 102 valence electrons. The van der Waals surface area contributed by atoms with Gasteiger partial charge in [0.05, 0.1) is 13.2 Å². The Kier molecular flexibility index (Phi) is 7.77. The summed E-state index contributed by atoms with van der Waals surface area (Å²) in [5.41, 5.74) is 5.80. The summed E-state index contributed by atoms with van der Waals surface area (Å²) >= 11 is 0. The standard InChI is InChI=1S/C13H29N3O/c1-16(2)8-10-17-9-7-15-13-6-4-3-5-12(13)11-14/h12-13,15H,3-11,14H2,1-2H3. The number of rotatable bonds is 8. The lowest BCUT2D eigenvalue weighted by Crippen LogP contribution is -2.43. The van der Waals surface area contributed by atoms with E-state index in [0.29, 0.717) is 12.0 Å². The molecule has 2 unspecified atom stereocenters. The second-order valence-corrected chi connectivity index (χ2v) is 5.26. The van der Waals surface area contributed by atoms with Crippen LogP contribution >= 0.6 is 0 Å². The minimum atomic E-state index is 0.617. The Morgan fingerprint density at radius 3 is 2.71 bits per heavy atom. The number of nitrogens with one attached hydrogen (secondary N) is 1. The van der Waals surface area contributed by atoms with Crippen LogP contribution in [0.25, 0.3) is 0 Å². The molecule has 4 nitrogen and oxygen atoms in total. The quantitative estimate of drug-likeness (QED) is 0.615. The SMILES string of the molecule is CN(C)CCOCCNC1CCCCC1CN. The van der Waals surface area contributed by atoms with Gasteiger partial charge in [0, 0.05) is 19.1 Å². The molecule has 4 heteroatoms. The molecule has 0 amide bonds. The van der Waals surface area contributed by atoms with Crippen LogP contribution in [0.1, 0.15) is 25.7 Å². The highest BCUT2D eigenvalue weighted by atomic mass is 16.5. The van der Waals surface area contributed by atoms with E-state index in [0.717, 1.165) is 32.8 Å². The number of nitrogens with two attached hydrogens (primary N) is 1. The first-order valence-electron chi connectivity index (χ1n) is 6.90. The van der Waals surface area contributed by atoms with E-state index in [4.69, 9.17) is 10.5 Å². The zero-order valence-corrected chi connectivity index (χ0v) is 11.5. The molecule has 17 heavy (non-hydrogen) atoms. The Bertz CT molecular complexity index is 188. The van der Waals surface area contributed by atoms with Gasteiger partial charge in [0.15, 0.2) is 0 Å². The number of likely N-dealkylation sites (N-methyl/N-ethyl adjacent to an activating group) is 1. The molecule has 0 aliphatic heterocycles. The van der Waals surface area contributed by atoms with Crippen molar-refractivity contribution in [3.05, 3.63) is 0 Å². The summed E-state index contributed by atoms with van der Waals surface area (Å²) in [6.45, 7) is 4.39. The summed E-state index contributed by atoms with van der Waals surface area (Å²) in [5.74, 6) is 0.672. The highest BCUT2D eigenvalue weighted by Gasteiger charge is 2.22. The first-order chi connectivity index (χ1) is 8.24. The third kappa shape index (κ3) is 6.36. The molecule has 2 atom stereocenters. The highest BCUT2D eigenvalue weighted by Crippen LogP contribution is 2.23. The van der Waals surface area contributed by atoms with Gasteiger partial charge in [-0.25, -0.2) is 0 Å². The summed E-state index contributed by atoms with van der Waals surface area (Å²) < 4.78 is 5.57. The maximum absolute atomic E-state index is 5.80. The van der Waals surface area contributed by atoms with Crippen LogP contribution in [0.3, 0.4) is 0 Å². The van der Waals surface area contributed by atoms with Gasteiger partial charge in [-0.1, -0.05) is 12.8 Å². The van der Waals surface area contributed by atoms with E-state index in [-0.39, 0.29) is 0 Å². The van der Waals surface area contributed by atoms with Crippen LogP contribution in [0.4, 0.5) is 0 Å². The van der Waals surface area contributed by atoms with Gasteiger partial charge in [-0.3, -0.25) is 0 Å². The van der Waals surface area contributed by atoms with Gasteiger partial charge in [-0.15, -0.1) is 0 Å². The predicted octanol–water partition coefficient (Wildman–Crippen LogP) is 0.672. The largest absolute Gasteiger partial charge is 0.379 e. The molecule has 3 N–H and O–H groups in total. The molecule has 0 aromatic carbocycles. The van der Waals surface area contributed by atoms with E-state index in [1.807, 2.05) is 0 Å². The molecule has 0 aromatic rings. The van der Waals surface area contributed by atoms with E-state index in [1.54, 1.807) is 0 Å². The highest BCUT2D eigenvalue weighted by molar-refractivity contribution is 4.81. The van der Waals surface area contributed by atoms with E-state index < -0.39 is 0 Å². The molecule has 0 saturated heterocycles. The van der Waals surface area contributed by atoms with Crippen LogP contribution in [0.15, 0.2) is 0 Å². The van der Waals surface area contributed by atoms with Crippen LogP contribution in [0.5, 0.6) is 0 Å². The predicted molar refractivity (Wildman–Crippen MR) is 72.2 cm³/mol. The van der Waals surface area contributed by atoms with Crippen molar-refractivity contribution in [3.63, 3.8) is 0 Å². The van der Waals surface area contributed by atoms with E-state index in [2.05, 4.69) is 24.3 Å². The van der Waals surface area contributed by atoms with Crippen molar-refractivity contribution < 1.29 is 4.74 Å². The molecule has 0 aromatic heterocycles. The average molecular weight is 243 g/mol. The Labute approximate surface area is 106 Å². The summed E-state index contributed by atoms with van der Waals surface area (Å²) in [7, 11) is 4.13. The van der Waals surface area contributed by atoms with Crippen molar-refractivity contribution in [3.8, 4) is 0 Å². The van der Waals surface area contributed by atoms with E-state index >= 15 is 0 Å². The number of hydrogen-bond donors (Lipinski definition) is 2. The lowest BCUT2D eigenvalue weighted by Gasteiger charge is -2.31. The number of nitrogens with zero attached hydrogens (tertiary/aromatic N) is 1. The number of hydrogen-bond acceptors (Lipinski definition) is 4. The topological polar surface area (TPSA) is 50.5 Å². The maximum atomic E-state index is 5.80. The number of ether oxygens (including phenoxy) is 1. The van der Waals surface area contributed by atoms with Crippen LogP contribution in [-0.4, -0.2) is 57.9 Å². The van der Waals surface area contributed by atoms with Crippen molar-refractivity contribution in [2.45, 2.75) is 31.7 Å². The average Bonchev–Trinajstić information content (AvgIpc) is 2.33. The smallest absolute Gasteiger partial charge is 0.0593 e. The van der Waals surface area contributed by atoms with Crippen molar-refractivity contribution in [1.29, 1.82) is 0 Å². The summed E-state index contributed by atoms with van der Waals surface area (Å²) in [6.07, 6.45) is 5.25. The zero-order valence-electron chi connectivity index (χ0n) is 11.5. The lowest BCUT2D eigenvalue weighted by atomic mass is 9.84. The Morgan fingerprint density at radius 1 is 1.24 bits per heavy atom. The molecule has 1 saturated carbocycles. The van der Waals surface area contributed by atoms with Gasteiger partial charge in [0.2, 0.25) is 0 Å². The molecule has 1 aliphatic rings. The molecule has 1 rings (SSSR count). The molecule has 1 aliphatic carbocycles. The van der Waals surface area contributed by atoms with Gasteiger partial charge in [0.25, 0.3) is 0 Å². The van der Waals surface area contributed by atoms with Gasteiger partial charge >= 0.3 is 0 Å². The molecular formula is C13H29N3O. The molecule has 0 bridgehead atoms. The van der Waals surface area contributed by atoms with Crippen molar-refractivity contribution in [2.75, 3.05) is 46.9 Å². The third-order valence-electron chi connectivity index (χ3n) is 3.55. The molecule has 1 fully saturated rings. The second kappa shape index (κ2) is 8.86. The summed E-state index contributed by atoms with van der Waals surface area (Å²) in [5, 5.41) is 3.59. The first kappa shape index (κ1) is 14.9. The van der Waals surface area contributed by atoms with Gasteiger partial charge in [0.1, 0.15) is 0 Å². The van der Waals surface area contributed by atoms with E-state index in [9.17, 15) is 0 Å². The van der Waals surface area contributed by atoms with Crippen molar-refractivity contribution in [2.24, 2.45) is 11.7 Å². The Morgan fingerprint density at radius 2 is 2.00 bits per heavy atom. The molecule has 0 radical (unpaired) electrons. The Hall–Kier alpha value is -0.160. The van der Waals surface area contributed by atoms with Crippen molar-refractivity contribution in [1.82, 2.24) is 10.2 Å². The van der Waals surface area contributed by atoms with Gasteiger partial charge < -0.3 is 20.7 Å². The van der Waals surface area contributed by atoms with E-state index in [1.165, 1.54) is 25.7 Å². The fraction of sp³-hybridized carbons (Fsp3) is 1.00. The molecule has 0 heterocycles. The monoisotopic (exact) mass is 243 g/mol. The third-order valence-corrected chi connectivity index (χ3v) is 3.55. The minimum Gasteiger partial charge on any atom is -0.379 e. The normalized spacial score (nSPS) is 25.4. The maximum Gasteiger partial charge on any atom is 0.0593 e.